The van der Waals surface area contributed by atoms with Crippen LogP contribution in [-0.2, 0) is 17.8 Å². The number of likely N-dealkylation sites (N-methyl/N-ethyl adjacent to an activating group) is 1. The Labute approximate surface area is 124 Å². The van der Waals surface area contributed by atoms with Gasteiger partial charge >= 0.3 is 0 Å². The van der Waals surface area contributed by atoms with Crippen LogP contribution in [0, 0.1) is 12.8 Å². The number of aryl methyl sites for hydroxylation is 2. The van der Waals surface area contributed by atoms with Crippen LogP contribution in [0.15, 0.2) is 4.47 Å². The molecule has 0 saturated heterocycles. The van der Waals surface area contributed by atoms with Gasteiger partial charge in [-0.2, -0.15) is 5.10 Å². The molecule has 0 amide bonds. The van der Waals surface area contributed by atoms with E-state index < -0.39 is 0 Å². The Morgan fingerprint density at radius 2 is 2.21 bits per heavy atom. The molecule has 1 aliphatic rings. The van der Waals surface area contributed by atoms with Crippen molar-refractivity contribution < 1.29 is 4.74 Å². The van der Waals surface area contributed by atoms with Gasteiger partial charge in [0.2, 0.25) is 0 Å². The van der Waals surface area contributed by atoms with Crippen LogP contribution >= 0.6 is 15.9 Å². The van der Waals surface area contributed by atoms with Gasteiger partial charge in [-0.3, -0.25) is 9.58 Å². The van der Waals surface area contributed by atoms with Gasteiger partial charge < -0.3 is 4.74 Å². The number of ether oxygens (including phenoxy) is 1. The highest BCUT2D eigenvalue weighted by Gasteiger charge is 2.21. The van der Waals surface area contributed by atoms with E-state index in [0.29, 0.717) is 0 Å². The predicted octanol–water partition coefficient (Wildman–Crippen LogP) is 2.83. The molecule has 108 valence electrons. The molecular weight excluding hydrogens is 306 g/mol. The van der Waals surface area contributed by atoms with E-state index in [0.717, 1.165) is 48.9 Å². The van der Waals surface area contributed by atoms with Crippen molar-refractivity contribution in [3.63, 3.8) is 0 Å². The zero-order valence-corrected chi connectivity index (χ0v) is 13.7. The molecule has 0 N–H and O–H groups in total. The monoisotopic (exact) mass is 329 g/mol. The molecule has 0 radical (unpaired) electrons. The van der Waals surface area contributed by atoms with Crippen molar-refractivity contribution in [3.8, 4) is 0 Å². The molecule has 2 rings (SSSR count). The molecule has 0 bridgehead atoms. The molecule has 1 aromatic rings. The van der Waals surface area contributed by atoms with Crippen LogP contribution in [0.1, 0.15) is 31.2 Å². The predicted molar refractivity (Wildman–Crippen MR) is 80.2 cm³/mol. The smallest absolute Gasteiger partial charge is 0.0739 e. The molecular formula is C14H24BrN3O. The van der Waals surface area contributed by atoms with Crippen LogP contribution in [0.25, 0.3) is 0 Å². The van der Waals surface area contributed by atoms with E-state index in [2.05, 4.69) is 44.6 Å². The largest absolute Gasteiger partial charge is 0.380 e. The van der Waals surface area contributed by atoms with E-state index in [1.807, 2.05) is 6.92 Å². The van der Waals surface area contributed by atoms with Gasteiger partial charge in [0, 0.05) is 26.2 Å². The zero-order chi connectivity index (χ0) is 13.8. The fourth-order valence-electron chi connectivity index (χ4n) is 2.11. The Morgan fingerprint density at radius 1 is 1.47 bits per heavy atom. The fraction of sp³-hybridized carbons (Fsp3) is 0.786. The first-order valence-corrected chi connectivity index (χ1v) is 7.89. The number of hydrogen-bond donors (Lipinski definition) is 0. The summed E-state index contributed by atoms with van der Waals surface area (Å²) in [5.74, 6) is 0.851. The first-order valence-electron chi connectivity index (χ1n) is 7.09. The topological polar surface area (TPSA) is 30.3 Å². The molecule has 1 aromatic heterocycles. The van der Waals surface area contributed by atoms with E-state index in [-0.39, 0.29) is 0 Å². The minimum absolute atomic E-state index is 0.823. The van der Waals surface area contributed by atoms with E-state index in [1.165, 1.54) is 18.5 Å². The van der Waals surface area contributed by atoms with Gasteiger partial charge in [-0.05, 0) is 55.6 Å². The van der Waals surface area contributed by atoms with E-state index >= 15 is 0 Å². The normalized spacial score (nSPS) is 15.4. The Bertz CT molecular complexity index is 415. The second kappa shape index (κ2) is 6.86. The number of halogens is 1. The Morgan fingerprint density at radius 3 is 2.84 bits per heavy atom. The van der Waals surface area contributed by atoms with Crippen LogP contribution in [0.2, 0.25) is 0 Å². The van der Waals surface area contributed by atoms with E-state index in [4.69, 9.17) is 4.74 Å². The molecule has 0 aliphatic heterocycles. The van der Waals surface area contributed by atoms with Gasteiger partial charge in [0.25, 0.3) is 0 Å². The summed E-state index contributed by atoms with van der Waals surface area (Å²) in [5.41, 5.74) is 2.32. The lowest BCUT2D eigenvalue weighted by Gasteiger charge is -2.17. The van der Waals surface area contributed by atoms with Crippen molar-refractivity contribution in [2.24, 2.45) is 5.92 Å². The van der Waals surface area contributed by atoms with Crippen molar-refractivity contribution in [1.82, 2.24) is 14.7 Å². The molecule has 1 aliphatic carbocycles. The lowest BCUT2D eigenvalue weighted by Crippen LogP contribution is -2.24. The molecule has 0 spiro atoms. The van der Waals surface area contributed by atoms with Gasteiger partial charge in [0.05, 0.1) is 22.5 Å². The maximum absolute atomic E-state index is 5.68. The lowest BCUT2D eigenvalue weighted by atomic mass is 10.3. The van der Waals surface area contributed by atoms with E-state index in [1.54, 1.807) is 0 Å². The Hall–Kier alpha value is -0.390. The molecule has 1 fully saturated rings. The highest BCUT2D eigenvalue weighted by molar-refractivity contribution is 9.10. The summed E-state index contributed by atoms with van der Waals surface area (Å²) in [7, 11) is 2.13. The third-order valence-corrected chi connectivity index (χ3v) is 4.57. The Kier molecular flexibility index (Phi) is 5.42. The van der Waals surface area contributed by atoms with Gasteiger partial charge in [0.15, 0.2) is 0 Å². The first kappa shape index (κ1) is 15.0. The van der Waals surface area contributed by atoms with E-state index in [9.17, 15) is 0 Å². The summed E-state index contributed by atoms with van der Waals surface area (Å²) in [5, 5.41) is 4.52. The minimum atomic E-state index is 0.823. The molecule has 0 unspecified atom stereocenters. The standard InChI is InChI=1S/C14H24BrN3O/c1-4-18-13(14(15)11(2)16-18)9-17(3)7-8-19-10-12-5-6-12/h12H,4-10H2,1-3H3. The van der Waals surface area contributed by atoms with Crippen molar-refractivity contribution in [1.29, 1.82) is 0 Å². The van der Waals surface area contributed by atoms with Gasteiger partial charge in [-0.15, -0.1) is 0 Å². The average molecular weight is 330 g/mol. The maximum Gasteiger partial charge on any atom is 0.0739 e. The minimum Gasteiger partial charge on any atom is -0.380 e. The first-order chi connectivity index (χ1) is 9.11. The summed E-state index contributed by atoms with van der Waals surface area (Å²) in [4.78, 5) is 2.29. The molecule has 19 heavy (non-hydrogen) atoms. The van der Waals surface area contributed by atoms with Crippen LogP contribution in [0.4, 0.5) is 0 Å². The summed E-state index contributed by atoms with van der Waals surface area (Å²) >= 11 is 3.64. The highest BCUT2D eigenvalue weighted by Crippen LogP contribution is 2.28. The summed E-state index contributed by atoms with van der Waals surface area (Å²) in [6, 6.07) is 0. The van der Waals surface area contributed by atoms with Crippen LogP contribution in [0.5, 0.6) is 0 Å². The Balaban J connectivity index is 1.78. The molecule has 1 heterocycles. The second-order valence-electron chi connectivity index (χ2n) is 5.42. The quantitative estimate of drug-likeness (QED) is 0.687. The molecule has 0 aromatic carbocycles. The highest BCUT2D eigenvalue weighted by atomic mass is 79.9. The summed E-state index contributed by atoms with van der Waals surface area (Å²) in [6.07, 6.45) is 2.72. The average Bonchev–Trinajstić information content (AvgIpc) is 3.17. The van der Waals surface area contributed by atoms with Crippen molar-refractivity contribution in [3.05, 3.63) is 15.9 Å². The van der Waals surface area contributed by atoms with Crippen LogP contribution in [0.3, 0.4) is 0 Å². The number of nitrogens with zero attached hydrogens (tertiary/aromatic N) is 3. The SMILES string of the molecule is CCn1nc(C)c(Br)c1CN(C)CCOCC1CC1. The van der Waals surface area contributed by atoms with Gasteiger partial charge in [-0.25, -0.2) is 0 Å². The third-order valence-electron chi connectivity index (χ3n) is 3.54. The van der Waals surface area contributed by atoms with Crippen molar-refractivity contribution >= 4 is 15.9 Å². The van der Waals surface area contributed by atoms with Crippen molar-refractivity contribution in [2.75, 3.05) is 26.8 Å². The molecule has 1 saturated carbocycles. The molecule has 5 heteroatoms. The number of hydrogen-bond acceptors (Lipinski definition) is 3. The summed E-state index contributed by atoms with van der Waals surface area (Å²) < 4.78 is 8.89. The third kappa shape index (κ3) is 4.29. The zero-order valence-electron chi connectivity index (χ0n) is 12.2. The van der Waals surface area contributed by atoms with Crippen LogP contribution in [-0.4, -0.2) is 41.5 Å². The maximum atomic E-state index is 5.68. The fourth-order valence-corrected chi connectivity index (χ4v) is 2.52. The van der Waals surface area contributed by atoms with Crippen LogP contribution < -0.4 is 0 Å². The lowest BCUT2D eigenvalue weighted by molar-refractivity contribution is 0.101. The van der Waals surface area contributed by atoms with Gasteiger partial charge in [-0.1, -0.05) is 0 Å². The molecule has 4 nitrogen and oxygen atoms in total. The summed E-state index contributed by atoms with van der Waals surface area (Å²) in [6.45, 7) is 8.72. The van der Waals surface area contributed by atoms with Gasteiger partial charge in [0.1, 0.15) is 0 Å². The molecule has 0 atom stereocenters. The van der Waals surface area contributed by atoms with Crippen molar-refractivity contribution in [2.45, 2.75) is 39.8 Å². The number of rotatable bonds is 8. The second-order valence-corrected chi connectivity index (χ2v) is 6.21. The number of aromatic nitrogens is 2.